The Morgan fingerprint density at radius 3 is 2.92 bits per heavy atom. The molecule has 0 aliphatic heterocycles. The van der Waals surface area contributed by atoms with Crippen molar-refractivity contribution in [1.82, 2.24) is 29.4 Å². The van der Waals surface area contributed by atoms with E-state index in [0.29, 0.717) is 24.2 Å². The first-order valence-corrected chi connectivity index (χ1v) is 8.92. The van der Waals surface area contributed by atoms with E-state index in [2.05, 4.69) is 19.9 Å². The van der Waals surface area contributed by atoms with Gasteiger partial charge in [0, 0.05) is 37.2 Å². The van der Waals surface area contributed by atoms with Gasteiger partial charge < -0.3 is 9.47 Å². The summed E-state index contributed by atoms with van der Waals surface area (Å²) in [6, 6.07) is 5.68. The molecule has 4 aromatic heterocycles. The number of rotatable bonds is 5. The molecule has 1 amide bonds. The first kappa shape index (κ1) is 16.3. The Bertz CT molecular complexity index is 1030. The van der Waals surface area contributed by atoms with E-state index < -0.39 is 0 Å². The number of hydrogen-bond donors (Lipinski definition) is 0. The van der Waals surface area contributed by atoms with Crippen molar-refractivity contribution in [3.63, 3.8) is 0 Å². The van der Waals surface area contributed by atoms with Crippen molar-refractivity contribution in [2.24, 2.45) is 0 Å². The van der Waals surface area contributed by atoms with Crippen molar-refractivity contribution in [3.05, 3.63) is 70.8 Å². The molecule has 0 aliphatic carbocycles. The Morgan fingerprint density at radius 2 is 2.15 bits per heavy atom. The zero-order chi connectivity index (χ0) is 17.9. The minimum atomic E-state index is -0.101. The van der Waals surface area contributed by atoms with Crippen molar-refractivity contribution in [2.45, 2.75) is 13.1 Å². The van der Waals surface area contributed by atoms with E-state index in [1.807, 2.05) is 28.3 Å². The monoisotopic (exact) mass is 364 g/mol. The van der Waals surface area contributed by atoms with E-state index in [4.69, 9.17) is 0 Å². The molecule has 4 heterocycles. The van der Waals surface area contributed by atoms with Crippen molar-refractivity contribution in [2.75, 3.05) is 7.05 Å². The molecule has 0 radical (unpaired) electrons. The van der Waals surface area contributed by atoms with Gasteiger partial charge >= 0.3 is 0 Å². The van der Waals surface area contributed by atoms with Crippen molar-refractivity contribution < 1.29 is 4.79 Å². The third-order valence-corrected chi connectivity index (χ3v) is 4.75. The summed E-state index contributed by atoms with van der Waals surface area (Å²) in [6.07, 6.45) is 8.63. The summed E-state index contributed by atoms with van der Waals surface area (Å²) < 4.78 is 1.94. The molecule has 0 N–H and O–H groups in total. The number of amides is 1. The maximum atomic E-state index is 12.6. The van der Waals surface area contributed by atoms with E-state index in [-0.39, 0.29) is 5.91 Å². The summed E-state index contributed by atoms with van der Waals surface area (Å²) in [6.45, 7) is 1.11. The largest absolute Gasteiger partial charge is 0.335 e. The molecular formula is C18H16N6OS. The van der Waals surface area contributed by atoms with Crippen LogP contribution in [0.4, 0.5) is 0 Å². The molecule has 26 heavy (non-hydrogen) atoms. The zero-order valence-electron chi connectivity index (χ0n) is 14.1. The van der Waals surface area contributed by atoms with Gasteiger partial charge in [-0.3, -0.25) is 9.78 Å². The lowest BCUT2D eigenvalue weighted by Gasteiger charge is -2.15. The summed E-state index contributed by atoms with van der Waals surface area (Å²) >= 11 is 1.53. The van der Waals surface area contributed by atoms with Crippen LogP contribution < -0.4 is 0 Å². The molecule has 4 aromatic rings. The summed E-state index contributed by atoms with van der Waals surface area (Å²) in [5, 5.41) is 2.80. The zero-order valence-corrected chi connectivity index (χ0v) is 14.9. The highest BCUT2D eigenvalue weighted by Crippen LogP contribution is 2.16. The van der Waals surface area contributed by atoms with Crippen LogP contribution in [0.3, 0.4) is 0 Å². The van der Waals surface area contributed by atoms with Crippen LogP contribution in [-0.4, -0.2) is 42.4 Å². The van der Waals surface area contributed by atoms with E-state index in [1.54, 1.807) is 42.9 Å². The van der Waals surface area contributed by atoms with E-state index in [9.17, 15) is 4.79 Å². The second-order valence-corrected chi connectivity index (χ2v) is 6.87. The molecule has 0 fully saturated rings. The average Bonchev–Trinajstić information content (AvgIpc) is 3.32. The number of imidazole rings is 1. The smallest absolute Gasteiger partial charge is 0.255 e. The topological polar surface area (TPSA) is 76.8 Å². The number of carbonyl (C=O) groups is 1. The van der Waals surface area contributed by atoms with Crippen LogP contribution in [0, 0.1) is 0 Å². The fraction of sp³-hybridized carbons (Fsp3) is 0.167. The molecule has 0 aromatic carbocycles. The predicted octanol–water partition coefficient (Wildman–Crippen LogP) is 2.60. The Balaban J connectivity index is 1.55. The van der Waals surface area contributed by atoms with Gasteiger partial charge in [0.25, 0.3) is 5.91 Å². The molecule has 0 saturated carbocycles. The quantitative estimate of drug-likeness (QED) is 0.544. The molecule has 0 aliphatic rings. The molecule has 0 saturated heterocycles. The van der Waals surface area contributed by atoms with Crippen LogP contribution in [0.2, 0.25) is 0 Å². The van der Waals surface area contributed by atoms with Crippen LogP contribution >= 0.6 is 11.3 Å². The van der Waals surface area contributed by atoms with Gasteiger partial charge in [-0.05, 0) is 17.7 Å². The molecular weight excluding hydrogens is 348 g/mol. The van der Waals surface area contributed by atoms with Gasteiger partial charge in [0.2, 0.25) is 0 Å². The third-order valence-electron chi connectivity index (χ3n) is 3.98. The first-order chi connectivity index (χ1) is 12.7. The van der Waals surface area contributed by atoms with Gasteiger partial charge in [-0.25, -0.2) is 15.0 Å². The molecule has 4 rings (SSSR count). The van der Waals surface area contributed by atoms with Gasteiger partial charge in [-0.15, -0.1) is 11.3 Å². The standard InChI is InChI=1S/C18H16N6OS/c1-23(11-16-20-5-6-26-16)18(25)14-7-15-17(21-9-14)24(12-22-15)10-13-3-2-4-19-8-13/h2-9,12H,10-11H2,1H3. The summed E-state index contributed by atoms with van der Waals surface area (Å²) in [4.78, 5) is 31.5. The highest BCUT2D eigenvalue weighted by molar-refractivity contribution is 7.09. The van der Waals surface area contributed by atoms with E-state index in [0.717, 1.165) is 16.2 Å². The maximum absolute atomic E-state index is 12.6. The molecule has 0 atom stereocenters. The molecule has 7 nitrogen and oxygen atoms in total. The van der Waals surface area contributed by atoms with Crippen LogP contribution in [0.1, 0.15) is 20.9 Å². The van der Waals surface area contributed by atoms with Crippen LogP contribution in [-0.2, 0) is 13.1 Å². The number of hydrogen-bond acceptors (Lipinski definition) is 6. The fourth-order valence-electron chi connectivity index (χ4n) is 2.70. The second kappa shape index (κ2) is 7.01. The Labute approximate surface area is 154 Å². The number of pyridine rings is 2. The maximum Gasteiger partial charge on any atom is 0.255 e. The molecule has 0 unspecified atom stereocenters. The van der Waals surface area contributed by atoms with Crippen molar-refractivity contribution in [3.8, 4) is 0 Å². The van der Waals surface area contributed by atoms with E-state index in [1.165, 1.54) is 11.3 Å². The number of nitrogens with zero attached hydrogens (tertiary/aromatic N) is 6. The van der Waals surface area contributed by atoms with Gasteiger partial charge in [0.1, 0.15) is 10.5 Å². The minimum Gasteiger partial charge on any atom is -0.335 e. The number of aromatic nitrogens is 5. The fourth-order valence-corrected chi connectivity index (χ4v) is 3.36. The lowest BCUT2D eigenvalue weighted by molar-refractivity contribution is 0.0784. The molecule has 0 bridgehead atoms. The summed E-state index contributed by atoms with van der Waals surface area (Å²) in [7, 11) is 1.76. The number of thiazole rings is 1. The highest BCUT2D eigenvalue weighted by Gasteiger charge is 2.15. The van der Waals surface area contributed by atoms with Crippen LogP contribution in [0.15, 0.2) is 54.7 Å². The number of fused-ring (bicyclic) bond motifs is 1. The first-order valence-electron chi connectivity index (χ1n) is 8.04. The van der Waals surface area contributed by atoms with Gasteiger partial charge in [0.15, 0.2) is 5.65 Å². The molecule has 8 heteroatoms. The normalized spacial score (nSPS) is 11.0. The predicted molar refractivity (Wildman–Crippen MR) is 98.8 cm³/mol. The minimum absolute atomic E-state index is 0.101. The third kappa shape index (κ3) is 3.31. The highest BCUT2D eigenvalue weighted by atomic mass is 32.1. The van der Waals surface area contributed by atoms with E-state index >= 15 is 0 Å². The number of carbonyl (C=O) groups excluding carboxylic acids is 1. The lowest BCUT2D eigenvalue weighted by Crippen LogP contribution is -2.26. The van der Waals surface area contributed by atoms with Gasteiger partial charge in [-0.2, -0.15) is 0 Å². The van der Waals surface area contributed by atoms with Crippen molar-refractivity contribution >= 4 is 28.4 Å². The molecule has 0 spiro atoms. The van der Waals surface area contributed by atoms with Crippen molar-refractivity contribution in [1.29, 1.82) is 0 Å². The Hall–Kier alpha value is -3.13. The Kier molecular flexibility index (Phi) is 4.40. The summed E-state index contributed by atoms with van der Waals surface area (Å²) in [5.41, 5.74) is 3.02. The second-order valence-electron chi connectivity index (χ2n) is 5.89. The SMILES string of the molecule is CN(Cc1nccs1)C(=O)c1cnc2c(c1)ncn2Cc1cccnc1. The Morgan fingerprint density at radius 1 is 1.23 bits per heavy atom. The summed E-state index contributed by atoms with van der Waals surface area (Å²) in [5.74, 6) is -0.101. The van der Waals surface area contributed by atoms with Crippen LogP contribution in [0.25, 0.3) is 11.2 Å². The lowest BCUT2D eigenvalue weighted by atomic mass is 10.2. The molecule has 130 valence electrons. The van der Waals surface area contributed by atoms with Crippen LogP contribution in [0.5, 0.6) is 0 Å². The van der Waals surface area contributed by atoms with Gasteiger partial charge in [0.05, 0.1) is 25.0 Å². The van der Waals surface area contributed by atoms with Gasteiger partial charge in [-0.1, -0.05) is 6.07 Å². The average molecular weight is 364 g/mol.